The van der Waals surface area contributed by atoms with Crippen molar-refractivity contribution in [1.29, 1.82) is 0 Å². The summed E-state index contributed by atoms with van der Waals surface area (Å²) in [5.41, 5.74) is 1.36. The van der Waals surface area contributed by atoms with E-state index in [9.17, 15) is 4.79 Å². The van der Waals surface area contributed by atoms with Crippen molar-refractivity contribution in [3.05, 3.63) is 138 Å². The number of carbonyl (C=O) groups excluding carboxylic acids is 1. The summed E-state index contributed by atoms with van der Waals surface area (Å²) in [6.45, 7) is 0. The topological polar surface area (TPSA) is 35.5 Å². The average Bonchev–Trinajstić information content (AvgIpc) is 2.80. The Morgan fingerprint density at radius 1 is 0.517 bits per heavy atom. The molecule has 0 saturated carbocycles. The zero-order valence-corrected chi connectivity index (χ0v) is 15.8. The Balaban J connectivity index is 1.85. The van der Waals surface area contributed by atoms with E-state index in [1.807, 2.05) is 97.1 Å². The summed E-state index contributed by atoms with van der Waals surface area (Å²) in [7, 11) is 0. The van der Waals surface area contributed by atoms with Crippen LogP contribution in [0.25, 0.3) is 0 Å². The first-order valence-electron chi connectivity index (χ1n) is 9.41. The van der Waals surface area contributed by atoms with Crippen LogP contribution >= 0.6 is 0 Å². The van der Waals surface area contributed by atoms with Gasteiger partial charge in [0.15, 0.2) is 5.60 Å². The van der Waals surface area contributed by atoms with Gasteiger partial charge in [-0.2, -0.15) is 0 Å². The highest BCUT2D eigenvalue weighted by atomic mass is 16.7. The van der Waals surface area contributed by atoms with Crippen molar-refractivity contribution < 1.29 is 14.3 Å². The molecule has 0 aliphatic rings. The van der Waals surface area contributed by atoms with Gasteiger partial charge in [0, 0.05) is 16.7 Å². The fourth-order valence-electron chi connectivity index (χ4n) is 3.43. The van der Waals surface area contributed by atoms with Crippen molar-refractivity contribution in [2.45, 2.75) is 5.60 Å². The molecule has 0 aromatic heterocycles. The average molecular weight is 380 g/mol. The molecule has 3 heteroatoms. The van der Waals surface area contributed by atoms with Gasteiger partial charge in [-0.3, -0.25) is 0 Å². The number of ether oxygens (including phenoxy) is 2. The molecule has 0 amide bonds. The van der Waals surface area contributed by atoms with Crippen molar-refractivity contribution in [2.24, 2.45) is 0 Å². The lowest BCUT2D eigenvalue weighted by atomic mass is 9.80. The van der Waals surface area contributed by atoms with Gasteiger partial charge in [0.2, 0.25) is 0 Å². The fourth-order valence-corrected chi connectivity index (χ4v) is 3.43. The van der Waals surface area contributed by atoms with Crippen LogP contribution in [-0.2, 0) is 10.3 Å². The molecule has 4 aromatic carbocycles. The molecular formula is C26H20O3. The molecular weight excluding hydrogens is 360 g/mol. The predicted molar refractivity (Wildman–Crippen MR) is 113 cm³/mol. The van der Waals surface area contributed by atoms with Gasteiger partial charge in [0.05, 0.1) is 0 Å². The molecule has 0 aliphatic carbocycles. The van der Waals surface area contributed by atoms with E-state index in [1.165, 1.54) is 0 Å². The summed E-state index contributed by atoms with van der Waals surface area (Å²) in [4.78, 5) is 12.9. The van der Waals surface area contributed by atoms with E-state index in [-0.39, 0.29) is 0 Å². The van der Waals surface area contributed by atoms with Gasteiger partial charge in [0.25, 0.3) is 0 Å². The largest absolute Gasteiger partial charge is 0.515 e. The molecule has 0 heterocycles. The van der Waals surface area contributed by atoms with Crippen LogP contribution in [0.2, 0.25) is 0 Å². The lowest BCUT2D eigenvalue weighted by Gasteiger charge is -2.34. The van der Waals surface area contributed by atoms with Crippen molar-refractivity contribution in [2.75, 3.05) is 0 Å². The van der Waals surface area contributed by atoms with E-state index < -0.39 is 11.8 Å². The first kappa shape index (κ1) is 18.5. The standard InChI is InChI=1S/C26H20O3/c27-25(28-24-19-11-4-12-20-24)29-26(21-13-5-1-6-14-21,22-15-7-2-8-16-22)23-17-9-3-10-18-23/h1-20H. The summed E-state index contributed by atoms with van der Waals surface area (Å²) >= 11 is 0. The second kappa shape index (κ2) is 8.44. The molecule has 0 unspecified atom stereocenters. The number of hydrogen-bond donors (Lipinski definition) is 0. The molecule has 0 aliphatic heterocycles. The second-order valence-electron chi connectivity index (χ2n) is 6.55. The third-order valence-corrected chi connectivity index (χ3v) is 4.72. The molecule has 0 fully saturated rings. The van der Waals surface area contributed by atoms with E-state index >= 15 is 0 Å². The molecule has 0 radical (unpaired) electrons. The summed E-state index contributed by atoms with van der Waals surface area (Å²) < 4.78 is 11.6. The molecule has 3 nitrogen and oxygen atoms in total. The normalized spacial score (nSPS) is 10.9. The quantitative estimate of drug-likeness (QED) is 0.235. The van der Waals surface area contributed by atoms with Gasteiger partial charge in [-0.25, -0.2) is 4.79 Å². The van der Waals surface area contributed by atoms with Gasteiger partial charge in [-0.1, -0.05) is 109 Å². The first-order chi connectivity index (χ1) is 14.3. The first-order valence-corrected chi connectivity index (χ1v) is 9.41. The second-order valence-corrected chi connectivity index (χ2v) is 6.55. The van der Waals surface area contributed by atoms with Crippen molar-refractivity contribution in [3.8, 4) is 5.75 Å². The Bertz CT molecular complexity index is 949. The van der Waals surface area contributed by atoms with Crippen LogP contribution in [-0.4, -0.2) is 6.16 Å². The van der Waals surface area contributed by atoms with Gasteiger partial charge in [-0.15, -0.1) is 0 Å². The molecule has 4 aromatic rings. The maximum atomic E-state index is 12.9. The minimum Gasteiger partial charge on any atom is -0.413 e. The van der Waals surface area contributed by atoms with Gasteiger partial charge >= 0.3 is 6.16 Å². The molecule has 0 saturated heterocycles. The minimum atomic E-state index is -1.14. The SMILES string of the molecule is O=C(Oc1ccccc1)OC(c1ccccc1)(c1ccccc1)c1ccccc1. The fraction of sp³-hybridized carbons (Fsp3) is 0.0385. The van der Waals surface area contributed by atoms with Crippen molar-refractivity contribution in [1.82, 2.24) is 0 Å². The van der Waals surface area contributed by atoms with E-state index in [1.54, 1.807) is 24.3 Å². The Kier molecular flexibility index (Phi) is 5.39. The lowest BCUT2D eigenvalue weighted by Crippen LogP contribution is -2.36. The van der Waals surface area contributed by atoms with Crippen molar-refractivity contribution >= 4 is 6.16 Å². The molecule has 0 spiro atoms. The predicted octanol–water partition coefficient (Wildman–Crippen LogP) is 6.19. The number of hydrogen-bond acceptors (Lipinski definition) is 3. The number of carbonyl (C=O) groups is 1. The van der Waals surface area contributed by atoms with Crippen molar-refractivity contribution in [3.63, 3.8) is 0 Å². The highest BCUT2D eigenvalue weighted by Gasteiger charge is 2.41. The number of rotatable bonds is 5. The van der Waals surface area contributed by atoms with Crippen LogP contribution in [0.4, 0.5) is 4.79 Å². The Hall–Kier alpha value is -3.85. The van der Waals surface area contributed by atoms with Gasteiger partial charge in [-0.05, 0) is 12.1 Å². The highest BCUT2D eigenvalue weighted by molar-refractivity contribution is 5.67. The Morgan fingerprint density at radius 2 is 0.862 bits per heavy atom. The molecule has 0 N–H and O–H groups in total. The smallest absolute Gasteiger partial charge is 0.413 e. The van der Waals surface area contributed by atoms with E-state index in [0.29, 0.717) is 5.75 Å². The zero-order valence-electron chi connectivity index (χ0n) is 15.8. The highest BCUT2D eigenvalue weighted by Crippen LogP contribution is 2.40. The number of para-hydroxylation sites is 1. The third kappa shape index (κ3) is 3.90. The Morgan fingerprint density at radius 3 is 1.24 bits per heavy atom. The van der Waals surface area contributed by atoms with Crippen LogP contribution in [0.5, 0.6) is 5.75 Å². The summed E-state index contributed by atoms with van der Waals surface area (Å²) in [5, 5.41) is 0. The molecule has 0 bridgehead atoms. The van der Waals surface area contributed by atoms with Crippen LogP contribution in [0, 0.1) is 0 Å². The van der Waals surface area contributed by atoms with Gasteiger partial charge in [0.1, 0.15) is 5.75 Å². The van der Waals surface area contributed by atoms with E-state index in [0.717, 1.165) is 16.7 Å². The minimum absolute atomic E-state index is 0.431. The van der Waals surface area contributed by atoms with Crippen LogP contribution < -0.4 is 4.74 Å². The van der Waals surface area contributed by atoms with Crippen LogP contribution in [0.3, 0.4) is 0 Å². The monoisotopic (exact) mass is 380 g/mol. The van der Waals surface area contributed by atoms with Crippen LogP contribution in [0.1, 0.15) is 16.7 Å². The molecule has 29 heavy (non-hydrogen) atoms. The van der Waals surface area contributed by atoms with E-state index in [2.05, 4.69) is 0 Å². The molecule has 142 valence electrons. The third-order valence-electron chi connectivity index (χ3n) is 4.72. The Labute approximate surface area is 170 Å². The van der Waals surface area contributed by atoms with E-state index in [4.69, 9.17) is 9.47 Å². The summed E-state index contributed by atoms with van der Waals surface area (Å²) in [6, 6.07) is 38.0. The number of benzene rings is 4. The lowest BCUT2D eigenvalue weighted by molar-refractivity contribution is 0.0319. The maximum absolute atomic E-state index is 12.9. The summed E-state index contributed by atoms with van der Waals surface area (Å²) in [6.07, 6.45) is -0.771. The molecule has 0 atom stereocenters. The van der Waals surface area contributed by atoms with Gasteiger partial charge < -0.3 is 9.47 Å². The van der Waals surface area contributed by atoms with Crippen LogP contribution in [0.15, 0.2) is 121 Å². The summed E-state index contributed by atoms with van der Waals surface area (Å²) in [5.74, 6) is 0.431. The maximum Gasteiger partial charge on any atom is 0.515 e. The molecule has 4 rings (SSSR count). The zero-order chi connectivity index (χ0) is 19.9.